The van der Waals surface area contributed by atoms with Crippen molar-refractivity contribution in [2.75, 3.05) is 58.3 Å². The fraction of sp³-hybridized carbons (Fsp3) is 0.387. The fourth-order valence-corrected chi connectivity index (χ4v) is 5.94. The third-order valence-electron chi connectivity index (χ3n) is 8.11. The van der Waals surface area contributed by atoms with Crippen LogP contribution in [-0.4, -0.2) is 80.0 Å². The highest BCUT2D eigenvalue weighted by atomic mass is 35.5. The predicted molar refractivity (Wildman–Crippen MR) is 153 cm³/mol. The zero-order valence-electron chi connectivity index (χ0n) is 22.4. The first-order chi connectivity index (χ1) is 18.3. The quantitative estimate of drug-likeness (QED) is 0.430. The summed E-state index contributed by atoms with van der Waals surface area (Å²) in [5.41, 5.74) is 4.99. The zero-order valence-corrected chi connectivity index (χ0v) is 23.2. The Balaban J connectivity index is 1.22. The van der Waals surface area contributed by atoms with Crippen LogP contribution in [0.4, 0.5) is 10.1 Å². The van der Waals surface area contributed by atoms with Gasteiger partial charge in [0.25, 0.3) is 5.91 Å². The van der Waals surface area contributed by atoms with E-state index >= 15 is 0 Å². The van der Waals surface area contributed by atoms with Crippen molar-refractivity contribution in [2.45, 2.75) is 25.4 Å². The second-order valence-corrected chi connectivity index (χ2v) is 11.2. The van der Waals surface area contributed by atoms with Gasteiger partial charge in [0.2, 0.25) is 0 Å². The van der Waals surface area contributed by atoms with E-state index in [4.69, 9.17) is 11.6 Å². The number of nitrogens with zero attached hydrogens (tertiary/aromatic N) is 4. The van der Waals surface area contributed by atoms with Crippen LogP contribution >= 0.6 is 11.6 Å². The number of rotatable bonds is 6. The highest BCUT2D eigenvalue weighted by Gasteiger charge is 2.35. The number of likely N-dealkylation sites (tertiary alicyclic amines) is 1. The molecule has 2 heterocycles. The number of aryl methyl sites for hydroxylation is 1. The summed E-state index contributed by atoms with van der Waals surface area (Å²) >= 11 is 5.97. The Hall–Kier alpha value is -2.93. The Morgan fingerprint density at radius 3 is 2.26 bits per heavy atom. The van der Waals surface area contributed by atoms with Crippen LogP contribution in [0.3, 0.4) is 0 Å². The number of halogens is 2. The molecular formula is C31H36ClFN4O. The van der Waals surface area contributed by atoms with Crippen LogP contribution in [0.2, 0.25) is 5.02 Å². The topological polar surface area (TPSA) is 30.0 Å². The number of carbonyl (C=O) groups is 1. The maximum atomic E-state index is 14.5. The molecule has 0 spiro atoms. The van der Waals surface area contributed by atoms with Gasteiger partial charge >= 0.3 is 0 Å². The molecular weight excluding hydrogens is 499 g/mol. The summed E-state index contributed by atoms with van der Waals surface area (Å²) in [4.78, 5) is 21.8. The molecule has 2 aliphatic heterocycles. The molecule has 5 rings (SSSR count). The van der Waals surface area contributed by atoms with E-state index in [1.165, 1.54) is 11.3 Å². The van der Waals surface area contributed by atoms with Gasteiger partial charge in [-0.3, -0.25) is 9.69 Å². The SMILES string of the molecule is Cc1cccc(F)c1CN1C[C@H](c2ccc(N3CCN(C(=O)c4ccc(Cl)cc4)CC3)cc2)[C@@H](N(C)C)C1. The Morgan fingerprint density at radius 2 is 1.63 bits per heavy atom. The monoisotopic (exact) mass is 534 g/mol. The van der Waals surface area contributed by atoms with Crippen LogP contribution in [0.1, 0.15) is 33.0 Å². The Labute approximate surface area is 230 Å². The van der Waals surface area contributed by atoms with E-state index in [0.29, 0.717) is 42.2 Å². The lowest BCUT2D eigenvalue weighted by Crippen LogP contribution is -2.48. The molecule has 0 bridgehead atoms. The molecule has 3 aromatic carbocycles. The second-order valence-electron chi connectivity index (χ2n) is 10.7. The number of anilines is 1. The van der Waals surface area contributed by atoms with Crippen molar-refractivity contribution >= 4 is 23.2 Å². The van der Waals surface area contributed by atoms with E-state index in [2.05, 4.69) is 53.1 Å². The largest absolute Gasteiger partial charge is 0.368 e. The van der Waals surface area contributed by atoms with E-state index in [-0.39, 0.29) is 11.7 Å². The highest BCUT2D eigenvalue weighted by Crippen LogP contribution is 2.33. The second kappa shape index (κ2) is 11.4. The van der Waals surface area contributed by atoms with Gasteiger partial charge in [0.05, 0.1) is 0 Å². The summed E-state index contributed by atoms with van der Waals surface area (Å²) in [6, 6.07) is 21.7. The van der Waals surface area contributed by atoms with Crippen LogP contribution in [-0.2, 0) is 6.54 Å². The number of likely N-dealkylation sites (N-methyl/N-ethyl adjacent to an activating group) is 1. The van der Waals surface area contributed by atoms with Gasteiger partial charge in [-0.05, 0) is 74.6 Å². The van der Waals surface area contributed by atoms with Gasteiger partial charge in [0, 0.05) is 79.6 Å². The number of benzene rings is 3. The first-order valence-electron chi connectivity index (χ1n) is 13.3. The van der Waals surface area contributed by atoms with Crippen LogP contribution in [0.5, 0.6) is 0 Å². The average molecular weight is 535 g/mol. The first-order valence-corrected chi connectivity index (χ1v) is 13.7. The van der Waals surface area contributed by atoms with Gasteiger partial charge in [-0.15, -0.1) is 0 Å². The summed E-state index contributed by atoms with van der Waals surface area (Å²) in [5.74, 6) is 0.303. The minimum Gasteiger partial charge on any atom is -0.368 e. The average Bonchev–Trinajstić information content (AvgIpc) is 3.36. The Bertz CT molecular complexity index is 1240. The third-order valence-corrected chi connectivity index (χ3v) is 8.36. The minimum atomic E-state index is -0.117. The number of hydrogen-bond donors (Lipinski definition) is 0. The summed E-state index contributed by atoms with van der Waals surface area (Å²) < 4.78 is 14.5. The molecule has 0 radical (unpaired) electrons. The lowest BCUT2D eigenvalue weighted by atomic mass is 9.93. The molecule has 0 saturated carbocycles. The summed E-state index contributed by atoms with van der Waals surface area (Å²) in [7, 11) is 4.27. The summed E-state index contributed by atoms with van der Waals surface area (Å²) in [6.45, 7) is 7.44. The number of hydrogen-bond acceptors (Lipinski definition) is 4. The third kappa shape index (κ3) is 5.73. The van der Waals surface area contributed by atoms with Crippen molar-refractivity contribution in [1.82, 2.24) is 14.7 Å². The normalized spacial score (nSPS) is 20.4. The van der Waals surface area contributed by atoms with Gasteiger partial charge < -0.3 is 14.7 Å². The van der Waals surface area contributed by atoms with E-state index in [1.807, 2.05) is 17.9 Å². The molecule has 2 saturated heterocycles. The maximum absolute atomic E-state index is 14.5. The molecule has 1 amide bonds. The van der Waals surface area contributed by atoms with Crippen molar-refractivity contribution in [3.8, 4) is 0 Å². The van der Waals surface area contributed by atoms with Crippen molar-refractivity contribution < 1.29 is 9.18 Å². The number of carbonyl (C=O) groups excluding carboxylic acids is 1. The van der Waals surface area contributed by atoms with Gasteiger partial charge in [-0.1, -0.05) is 35.9 Å². The zero-order chi connectivity index (χ0) is 26.8. The van der Waals surface area contributed by atoms with Gasteiger partial charge in [0.15, 0.2) is 0 Å². The lowest BCUT2D eigenvalue weighted by molar-refractivity contribution is 0.0747. The van der Waals surface area contributed by atoms with E-state index < -0.39 is 0 Å². The molecule has 0 aromatic heterocycles. The summed E-state index contributed by atoms with van der Waals surface area (Å²) in [5, 5.41) is 0.636. The van der Waals surface area contributed by atoms with Crippen molar-refractivity contribution in [1.29, 1.82) is 0 Å². The minimum absolute atomic E-state index is 0.0581. The van der Waals surface area contributed by atoms with Crippen molar-refractivity contribution in [2.24, 2.45) is 0 Å². The van der Waals surface area contributed by atoms with Crippen molar-refractivity contribution in [3.63, 3.8) is 0 Å². The molecule has 0 N–H and O–H groups in total. The van der Waals surface area contributed by atoms with Gasteiger partial charge in [-0.25, -0.2) is 4.39 Å². The molecule has 38 heavy (non-hydrogen) atoms. The van der Waals surface area contributed by atoms with Crippen LogP contribution in [0.25, 0.3) is 0 Å². The Morgan fingerprint density at radius 1 is 0.947 bits per heavy atom. The van der Waals surface area contributed by atoms with Crippen LogP contribution in [0, 0.1) is 12.7 Å². The lowest BCUT2D eigenvalue weighted by Gasteiger charge is -2.36. The molecule has 0 unspecified atom stereocenters. The maximum Gasteiger partial charge on any atom is 0.253 e. The van der Waals surface area contributed by atoms with Crippen LogP contribution < -0.4 is 4.90 Å². The fourth-order valence-electron chi connectivity index (χ4n) is 5.81. The molecule has 2 fully saturated rings. The van der Waals surface area contributed by atoms with Gasteiger partial charge in [-0.2, -0.15) is 0 Å². The standard InChI is InChI=1S/C31H36ClFN4O/c1-22-5-4-6-29(33)27(22)19-35-20-28(30(21-35)34(2)3)23-9-13-26(14-10-23)36-15-17-37(18-16-36)31(38)24-7-11-25(32)12-8-24/h4-14,28,30H,15-21H2,1-3H3/t28-,30+/m1/s1. The summed E-state index contributed by atoms with van der Waals surface area (Å²) in [6.07, 6.45) is 0. The predicted octanol–water partition coefficient (Wildman–Crippen LogP) is 5.28. The Kier molecular flexibility index (Phi) is 8.03. The number of amides is 1. The van der Waals surface area contributed by atoms with Crippen molar-refractivity contribution in [3.05, 3.63) is 99.8 Å². The molecule has 3 aromatic rings. The molecule has 0 aliphatic carbocycles. The van der Waals surface area contributed by atoms with E-state index in [0.717, 1.165) is 37.3 Å². The molecule has 200 valence electrons. The molecule has 5 nitrogen and oxygen atoms in total. The van der Waals surface area contributed by atoms with Crippen LogP contribution in [0.15, 0.2) is 66.7 Å². The smallest absolute Gasteiger partial charge is 0.253 e. The molecule has 2 atom stereocenters. The first kappa shape index (κ1) is 26.7. The van der Waals surface area contributed by atoms with Gasteiger partial charge in [0.1, 0.15) is 5.82 Å². The number of piperazine rings is 1. The molecule has 7 heteroatoms. The highest BCUT2D eigenvalue weighted by molar-refractivity contribution is 6.30. The van der Waals surface area contributed by atoms with E-state index in [1.54, 1.807) is 36.4 Å². The van der Waals surface area contributed by atoms with E-state index in [9.17, 15) is 9.18 Å². The molecule has 2 aliphatic rings.